The predicted octanol–water partition coefficient (Wildman–Crippen LogP) is 1.61. The van der Waals surface area contributed by atoms with Gasteiger partial charge in [-0.15, -0.1) is 0 Å². The Morgan fingerprint density at radius 2 is 1.40 bits per heavy atom. The van der Waals surface area contributed by atoms with Gasteiger partial charge < -0.3 is 9.47 Å². The van der Waals surface area contributed by atoms with Crippen LogP contribution in [0.1, 0.15) is 13.8 Å². The van der Waals surface area contributed by atoms with Crippen molar-refractivity contribution in [3.05, 3.63) is 12.2 Å². The fraction of sp³-hybridized carbons (Fsp3) is 0.750. The van der Waals surface area contributed by atoms with E-state index in [1.54, 1.807) is 14.2 Å². The molecule has 2 atom stereocenters. The van der Waals surface area contributed by atoms with Crippen LogP contribution in [0.2, 0.25) is 0 Å². The Morgan fingerprint density at radius 3 is 1.60 bits per heavy atom. The summed E-state index contributed by atoms with van der Waals surface area (Å²) < 4.78 is 10.1. The summed E-state index contributed by atoms with van der Waals surface area (Å²) in [5.41, 5.74) is 0.977. The van der Waals surface area contributed by atoms with E-state index in [1.165, 1.54) is 0 Å². The number of methoxy groups -OCH3 is 2. The van der Waals surface area contributed by atoms with Crippen molar-refractivity contribution < 1.29 is 9.47 Å². The molecule has 0 aromatic heterocycles. The molecule has 0 rings (SSSR count). The van der Waals surface area contributed by atoms with Gasteiger partial charge in [0.1, 0.15) is 0 Å². The van der Waals surface area contributed by atoms with Crippen molar-refractivity contribution in [1.29, 1.82) is 0 Å². The Balaban J connectivity index is 3.82. The largest absolute Gasteiger partial charge is 0.377 e. The quantitative estimate of drug-likeness (QED) is 0.558. The van der Waals surface area contributed by atoms with E-state index in [1.807, 2.05) is 13.8 Å². The van der Waals surface area contributed by atoms with Gasteiger partial charge in [-0.1, -0.05) is 6.58 Å². The van der Waals surface area contributed by atoms with Gasteiger partial charge in [0.05, 0.1) is 12.2 Å². The molecule has 60 valence electrons. The average molecular weight is 144 g/mol. The molecule has 0 radical (unpaired) electrons. The Morgan fingerprint density at radius 1 is 1.10 bits per heavy atom. The second-order valence-electron chi connectivity index (χ2n) is 2.33. The third-order valence-electron chi connectivity index (χ3n) is 1.75. The van der Waals surface area contributed by atoms with Crippen LogP contribution >= 0.6 is 0 Å². The summed E-state index contributed by atoms with van der Waals surface area (Å²) in [6.45, 7) is 7.76. The van der Waals surface area contributed by atoms with Gasteiger partial charge in [-0.2, -0.15) is 0 Å². The summed E-state index contributed by atoms with van der Waals surface area (Å²) in [7, 11) is 3.33. The van der Waals surface area contributed by atoms with E-state index >= 15 is 0 Å². The zero-order valence-electron chi connectivity index (χ0n) is 7.18. The van der Waals surface area contributed by atoms with E-state index in [9.17, 15) is 0 Å². The van der Waals surface area contributed by atoms with E-state index in [0.29, 0.717) is 0 Å². The zero-order chi connectivity index (χ0) is 8.15. The summed E-state index contributed by atoms with van der Waals surface area (Å²) in [6.07, 6.45) is 0.157. The van der Waals surface area contributed by atoms with Gasteiger partial charge in [-0.05, 0) is 19.4 Å². The van der Waals surface area contributed by atoms with Gasteiger partial charge in [-0.25, -0.2) is 0 Å². The lowest BCUT2D eigenvalue weighted by Crippen LogP contribution is -2.19. The molecule has 0 aliphatic rings. The van der Waals surface area contributed by atoms with Crippen LogP contribution in [0.3, 0.4) is 0 Å². The molecule has 0 N–H and O–H groups in total. The van der Waals surface area contributed by atoms with Crippen molar-refractivity contribution in [2.75, 3.05) is 14.2 Å². The van der Waals surface area contributed by atoms with Crippen LogP contribution in [-0.2, 0) is 9.47 Å². The summed E-state index contributed by atoms with van der Waals surface area (Å²) in [6, 6.07) is 0. The highest BCUT2D eigenvalue weighted by atomic mass is 16.5. The first-order valence-corrected chi connectivity index (χ1v) is 3.37. The smallest absolute Gasteiger partial charge is 0.0775 e. The van der Waals surface area contributed by atoms with Crippen LogP contribution in [-0.4, -0.2) is 26.4 Å². The molecule has 0 spiro atoms. The van der Waals surface area contributed by atoms with E-state index in [0.717, 1.165) is 5.57 Å². The van der Waals surface area contributed by atoms with Gasteiger partial charge in [0.2, 0.25) is 0 Å². The van der Waals surface area contributed by atoms with Gasteiger partial charge in [0.25, 0.3) is 0 Å². The van der Waals surface area contributed by atoms with Crippen molar-refractivity contribution in [2.24, 2.45) is 0 Å². The number of rotatable bonds is 4. The lowest BCUT2D eigenvalue weighted by molar-refractivity contribution is 0.0913. The minimum Gasteiger partial charge on any atom is -0.377 e. The molecule has 0 amide bonds. The maximum absolute atomic E-state index is 5.06. The van der Waals surface area contributed by atoms with Gasteiger partial charge in [0, 0.05) is 14.2 Å². The van der Waals surface area contributed by atoms with Crippen LogP contribution in [0.5, 0.6) is 0 Å². The zero-order valence-corrected chi connectivity index (χ0v) is 7.18. The Kier molecular flexibility index (Phi) is 4.32. The first kappa shape index (κ1) is 9.66. The number of ether oxygens (including phenoxy) is 2. The van der Waals surface area contributed by atoms with E-state index < -0.39 is 0 Å². The Bertz CT molecular complexity index is 97.8. The minimum atomic E-state index is 0.0787. The second kappa shape index (κ2) is 4.47. The van der Waals surface area contributed by atoms with E-state index in [4.69, 9.17) is 9.47 Å². The maximum Gasteiger partial charge on any atom is 0.0775 e. The second-order valence-corrected chi connectivity index (χ2v) is 2.33. The first-order valence-electron chi connectivity index (χ1n) is 3.37. The van der Waals surface area contributed by atoms with E-state index in [2.05, 4.69) is 6.58 Å². The highest BCUT2D eigenvalue weighted by Crippen LogP contribution is 2.09. The molecule has 0 aromatic carbocycles. The molecule has 2 heteroatoms. The molecule has 0 heterocycles. The van der Waals surface area contributed by atoms with Crippen LogP contribution in [0.4, 0.5) is 0 Å². The fourth-order valence-corrected chi connectivity index (χ4v) is 0.633. The molecule has 2 nitrogen and oxygen atoms in total. The molecule has 0 bridgehead atoms. The standard InChI is InChI=1S/C8H16O2/c1-6(7(2)9-4)8(3)10-5/h7-8H,1H2,2-5H3. The average Bonchev–Trinajstić information content (AvgIpc) is 2.00. The lowest BCUT2D eigenvalue weighted by Gasteiger charge is -2.18. The molecular formula is C8H16O2. The van der Waals surface area contributed by atoms with Crippen LogP contribution in [0.15, 0.2) is 12.2 Å². The van der Waals surface area contributed by atoms with Crippen molar-refractivity contribution in [1.82, 2.24) is 0 Å². The van der Waals surface area contributed by atoms with Crippen LogP contribution in [0.25, 0.3) is 0 Å². The molecule has 10 heavy (non-hydrogen) atoms. The Labute approximate surface area is 62.8 Å². The van der Waals surface area contributed by atoms with Gasteiger partial charge in [0.15, 0.2) is 0 Å². The molecule has 0 aliphatic carbocycles. The molecule has 0 saturated carbocycles. The van der Waals surface area contributed by atoms with Crippen molar-refractivity contribution in [2.45, 2.75) is 26.1 Å². The monoisotopic (exact) mass is 144 g/mol. The molecular weight excluding hydrogens is 128 g/mol. The van der Waals surface area contributed by atoms with Crippen LogP contribution in [0, 0.1) is 0 Å². The third-order valence-corrected chi connectivity index (χ3v) is 1.75. The SMILES string of the molecule is C=C(C(C)OC)C(C)OC. The molecule has 0 saturated heterocycles. The predicted molar refractivity (Wildman–Crippen MR) is 42.1 cm³/mol. The van der Waals surface area contributed by atoms with Crippen molar-refractivity contribution >= 4 is 0 Å². The summed E-state index contributed by atoms with van der Waals surface area (Å²) in [5.74, 6) is 0. The van der Waals surface area contributed by atoms with Crippen LogP contribution < -0.4 is 0 Å². The summed E-state index contributed by atoms with van der Waals surface area (Å²) in [4.78, 5) is 0. The normalized spacial score (nSPS) is 16.4. The van der Waals surface area contributed by atoms with Gasteiger partial charge >= 0.3 is 0 Å². The number of hydrogen-bond acceptors (Lipinski definition) is 2. The fourth-order valence-electron chi connectivity index (χ4n) is 0.633. The van der Waals surface area contributed by atoms with Gasteiger partial charge in [-0.3, -0.25) is 0 Å². The maximum atomic E-state index is 5.06. The summed E-state index contributed by atoms with van der Waals surface area (Å²) in [5, 5.41) is 0. The van der Waals surface area contributed by atoms with E-state index in [-0.39, 0.29) is 12.2 Å². The molecule has 0 aromatic rings. The topological polar surface area (TPSA) is 18.5 Å². The number of hydrogen-bond donors (Lipinski definition) is 0. The molecule has 2 unspecified atom stereocenters. The minimum absolute atomic E-state index is 0.0787. The van der Waals surface area contributed by atoms with Crippen molar-refractivity contribution in [3.63, 3.8) is 0 Å². The van der Waals surface area contributed by atoms with Crippen molar-refractivity contribution in [3.8, 4) is 0 Å². The highest BCUT2D eigenvalue weighted by Gasteiger charge is 2.11. The molecule has 0 fully saturated rings. The highest BCUT2D eigenvalue weighted by molar-refractivity contribution is 5.06. The summed E-state index contributed by atoms with van der Waals surface area (Å²) >= 11 is 0. The third kappa shape index (κ3) is 2.50. The first-order chi connectivity index (χ1) is 4.63. The Hall–Kier alpha value is -0.340. The lowest BCUT2D eigenvalue weighted by atomic mass is 10.1. The molecule has 0 aliphatic heterocycles.